The summed E-state index contributed by atoms with van der Waals surface area (Å²) in [6, 6.07) is 2.57. The van der Waals surface area contributed by atoms with Crippen molar-refractivity contribution in [3.8, 4) is 0 Å². The molecule has 0 bridgehead atoms. The average molecular weight is 204 g/mol. The minimum atomic E-state index is -2.17. The second-order valence-corrected chi connectivity index (χ2v) is 2.75. The molecule has 0 radical (unpaired) electrons. The zero-order chi connectivity index (χ0) is 10.7. The zero-order valence-electron chi connectivity index (χ0n) is 7.01. The van der Waals surface area contributed by atoms with Gasteiger partial charge in [0.25, 0.3) is 0 Å². The number of carboxylic acid groups (broad SMARTS) is 1. The smallest absolute Gasteiger partial charge is 0.338 e. The number of halogens is 3. The van der Waals surface area contributed by atoms with Crippen molar-refractivity contribution >= 4 is 5.97 Å². The molecule has 2 nitrogen and oxygen atoms in total. The third-order valence-corrected chi connectivity index (χ3v) is 1.68. The van der Waals surface area contributed by atoms with Gasteiger partial charge in [-0.05, 0) is 11.6 Å². The van der Waals surface area contributed by atoms with Gasteiger partial charge >= 0.3 is 5.97 Å². The lowest BCUT2D eigenvalue weighted by atomic mass is 10.1. The van der Waals surface area contributed by atoms with Crippen LogP contribution in [0.25, 0.3) is 0 Å². The lowest BCUT2D eigenvalue weighted by Crippen LogP contribution is -2.17. The topological polar surface area (TPSA) is 37.3 Å². The monoisotopic (exact) mass is 204 g/mol. The van der Waals surface area contributed by atoms with Crippen molar-refractivity contribution in [3.05, 3.63) is 35.4 Å². The number of carboxylic acids is 1. The summed E-state index contributed by atoms with van der Waals surface area (Å²) >= 11 is 0. The Morgan fingerprint density at radius 1 is 1.43 bits per heavy atom. The maximum Gasteiger partial charge on any atom is 0.338 e. The van der Waals surface area contributed by atoms with Crippen LogP contribution in [0.2, 0.25) is 0 Å². The third kappa shape index (κ3) is 2.48. The third-order valence-electron chi connectivity index (χ3n) is 1.68. The van der Waals surface area contributed by atoms with E-state index in [4.69, 9.17) is 5.11 Å². The number of benzene rings is 1. The van der Waals surface area contributed by atoms with E-state index in [0.29, 0.717) is 6.07 Å². The molecule has 0 aliphatic rings. The molecule has 0 saturated carbocycles. The van der Waals surface area contributed by atoms with Crippen LogP contribution in [0.3, 0.4) is 0 Å². The molecule has 1 aromatic carbocycles. The first-order valence-corrected chi connectivity index (χ1v) is 3.81. The van der Waals surface area contributed by atoms with Crippen LogP contribution in [-0.4, -0.2) is 17.2 Å². The van der Waals surface area contributed by atoms with Crippen LogP contribution in [0.1, 0.15) is 5.56 Å². The maximum absolute atomic E-state index is 12.9. The highest BCUT2D eigenvalue weighted by Crippen LogP contribution is 2.13. The molecule has 0 aromatic heterocycles. The Balaban J connectivity index is 2.82. The van der Waals surface area contributed by atoms with Gasteiger partial charge in [0.2, 0.25) is 6.17 Å². The van der Waals surface area contributed by atoms with Crippen LogP contribution in [0.5, 0.6) is 0 Å². The summed E-state index contributed by atoms with van der Waals surface area (Å²) in [7, 11) is 0. The van der Waals surface area contributed by atoms with E-state index < -0.39 is 30.2 Å². The fourth-order valence-electron chi connectivity index (χ4n) is 0.968. The first kappa shape index (κ1) is 10.6. The Bertz CT molecular complexity index is 352. The van der Waals surface area contributed by atoms with Crippen molar-refractivity contribution in [2.24, 2.45) is 0 Å². The second-order valence-electron chi connectivity index (χ2n) is 2.75. The van der Waals surface area contributed by atoms with Crippen molar-refractivity contribution in [1.82, 2.24) is 0 Å². The summed E-state index contributed by atoms with van der Waals surface area (Å²) < 4.78 is 37.9. The molecule has 1 N–H and O–H groups in total. The Morgan fingerprint density at radius 2 is 2.07 bits per heavy atom. The molecular weight excluding hydrogens is 197 g/mol. The van der Waals surface area contributed by atoms with Crippen LogP contribution < -0.4 is 0 Å². The highest BCUT2D eigenvalue weighted by Gasteiger charge is 2.18. The Hall–Kier alpha value is -1.52. The molecule has 0 spiro atoms. The largest absolute Gasteiger partial charge is 0.479 e. The lowest BCUT2D eigenvalue weighted by Gasteiger charge is -2.04. The van der Waals surface area contributed by atoms with Gasteiger partial charge in [0.1, 0.15) is 11.6 Å². The standard InChI is InChI=1S/C9H7F3O2/c10-6-2-1-5(7(11)4-6)3-8(12)9(13)14/h1-2,4,8H,3H2,(H,13,14)/t8-/m0/s1. The van der Waals surface area contributed by atoms with E-state index in [1.54, 1.807) is 0 Å². The molecule has 76 valence electrons. The van der Waals surface area contributed by atoms with Crippen LogP contribution in [-0.2, 0) is 11.2 Å². The van der Waals surface area contributed by atoms with Crippen molar-refractivity contribution in [2.75, 3.05) is 0 Å². The number of hydrogen-bond acceptors (Lipinski definition) is 1. The van der Waals surface area contributed by atoms with E-state index in [9.17, 15) is 18.0 Å². The average Bonchev–Trinajstić information content (AvgIpc) is 2.09. The van der Waals surface area contributed by atoms with Crippen LogP contribution in [0, 0.1) is 11.6 Å². The normalized spacial score (nSPS) is 12.5. The van der Waals surface area contributed by atoms with Crippen LogP contribution >= 0.6 is 0 Å². The van der Waals surface area contributed by atoms with Gasteiger partial charge in [-0.1, -0.05) is 6.07 Å². The Morgan fingerprint density at radius 3 is 2.57 bits per heavy atom. The van der Waals surface area contributed by atoms with Gasteiger partial charge in [0.15, 0.2) is 0 Å². The minimum Gasteiger partial charge on any atom is -0.479 e. The van der Waals surface area contributed by atoms with E-state index in [0.717, 1.165) is 12.1 Å². The lowest BCUT2D eigenvalue weighted by molar-refractivity contribution is -0.142. The summed E-state index contributed by atoms with van der Waals surface area (Å²) in [5.41, 5.74) is -0.152. The molecule has 5 heteroatoms. The summed E-state index contributed by atoms with van der Waals surface area (Å²) in [6.45, 7) is 0. The highest BCUT2D eigenvalue weighted by atomic mass is 19.1. The molecule has 1 aromatic rings. The Labute approximate surface area is 78.0 Å². The molecular formula is C9H7F3O2. The van der Waals surface area contributed by atoms with Gasteiger partial charge in [-0.2, -0.15) is 0 Å². The second kappa shape index (κ2) is 4.13. The molecule has 14 heavy (non-hydrogen) atoms. The quantitative estimate of drug-likeness (QED) is 0.816. The van der Waals surface area contributed by atoms with Crippen molar-refractivity contribution in [2.45, 2.75) is 12.6 Å². The molecule has 0 aliphatic heterocycles. The van der Waals surface area contributed by atoms with E-state index in [-0.39, 0.29) is 5.56 Å². The van der Waals surface area contributed by atoms with Gasteiger partial charge < -0.3 is 5.11 Å². The summed E-state index contributed by atoms with van der Waals surface area (Å²) in [4.78, 5) is 10.1. The molecule has 1 atom stereocenters. The van der Waals surface area contributed by atoms with Gasteiger partial charge in [-0.25, -0.2) is 18.0 Å². The van der Waals surface area contributed by atoms with Gasteiger partial charge in [-0.15, -0.1) is 0 Å². The zero-order valence-corrected chi connectivity index (χ0v) is 7.01. The number of aliphatic carboxylic acids is 1. The van der Waals surface area contributed by atoms with Gasteiger partial charge in [0.05, 0.1) is 0 Å². The van der Waals surface area contributed by atoms with E-state index >= 15 is 0 Å². The number of alkyl halides is 1. The van der Waals surface area contributed by atoms with Crippen LogP contribution in [0.15, 0.2) is 18.2 Å². The van der Waals surface area contributed by atoms with E-state index in [1.807, 2.05) is 0 Å². The molecule has 0 amide bonds. The molecule has 0 aliphatic carbocycles. The Kier molecular flexibility index (Phi) is 3.11. The molecule has 0 saturated heterocycles. The molecule has 1 rings (SSSR count). The fraction of sp³-hybridized carbons (Fsp3) is 0.222. The van der Waals surface area contributed by atoms with Gasteiger partial charge in [0, 0.05) is 12.5 Å². The molecule has 0 unspecified atom stereocenters. The van der Waals surface area contributed by atoms with E-state index in [1.165, 1.54) is 0 Å². The van der Waals surface area contributed by atoms with Gasteiger partial charge in [-0.3, -0.25) is 0 Å². The maximum atomic E-state index is 12.9. The first-order valence-electron chi connectivity index (χ1n) is 3.81. The molecule has 0 fully saturated rings. The highest BCUT2D eigenvalue weighted by molar-refractivity contribution is 5.72. The van der Waals surface area contributed by atoms with Crippen molar-refractivity contribution < 1.29 is 23.1 Å². The summed E-state index contributed by atoms with van der Waals surface area (Å²) in [5.74, 6) is -3.38. The molecule has 0 heterocycles. The predicted octanol–water partition coefficient (Wildman–Crippen LogP) is 1.93. The van der Waals surface area contributed by atoms with Crippen molar-refractivity contribution in [1.29, 1.82) is 0 Å². The van der Waals surface area contributed by atoms with E-state index in [2.05, 4.69) is 0 Å². The minimum absolute atomic E-state index is 0.152. The summed E-state index contributed by atoms with van der Waals surface area (Å²) in [6.07, 6.45) is -2.77. The number of rotatable bonds is 3. The van der Waals surface area contributed by atoms with Crippen molar-refractivity contribution in [3.63, 3.8) is 0 Å². The fourth-order valence-corrected chi connectivity index (χ4v) is 0.968. The number of hydrogen-bond donors (Lipinski definition) is 1. The SMILES string of the molecule is O=C(O)[C@@H](F)Cc1ccc(F)cc1F. The summed E-state index contributed by atoms with van der Waals surface area (Å²) in [5, 5.41) is 8.22. The van der Waals surface area contributed by atoms with Crippen LogP contribution in [0.4, 0.5) is 13.2 Å². The predicted molar refractivity (Wildman–Crippen MR) is 42.6 cm³/mol. The first-order chi connectivity index (χ1) is 6.50. The number of carbonyl (C=O) groups is 1.